The Hall–Kier alpha value is 0.350. The van der Waals surface area contributed by atoms with Gasteiger partial charge in [0.25, 0.3) is 0 Å². The van der Waals surface area contributed by atoms with Crippen molar-refractivity contribution in [1.29, 1.82) is 0 Å². The smallest absolute Gasteiger partial charge is 0.00167 e. The molecule has 0 heterocycles. The van der Waals surface area contributed by atoms with Crippen molar-refractivity contribution in [3.63, 3.8) is 0 Å². The Bertz CT molecular complexity index is 45.9. The van der Waals surface area contributed by atoms with Crippen LogP contribution in [0.15, 0.2) is 0 Å². The molecule has 0 saturated heterocycles. The first kappa shape index (κ1) is 4.51. The van der Waals surface area contributed by atoms with E-state index in [2.05, 4.69) is 19.6 Å². The van der Waals surface area contributed by atoms with E-state index in [-0.39, 0.29) is 0 Å². The molecular weight excluding hydrogens is 92.1 g/mol. The lowest BCUT2D eigenvalue weighted by Crippen LogP contribution is -1.90. The molecule has 0 radical (unpaired) electrons. The summed E-state index contributed by atoms with van der Waals surface area (Å²) in [7, 11) is 0. The molecule has 0 amide bonds. The first-order chi connectivity index (χ1) is 2.80. The molecule has 1 fully saturated rings. The predicted molar refractivity (Wildman–Crippen MR) is 31.2 cm³/mol. The molecule has 1 atom stereocenters. The third-order valence-corrected chi connectivity index (χ3v) is 1.73. The summed E-state index contributed by atoms with van der Waals surface area (Å²) < 4.78 is 0. The average Bonchev–Trinajstić information content (AvgIpc) is 2.06. The van der Waals surface area contributed by atoms with Crippen LogP contribution >= 0.6 is 12.6 Å². The molecule has 0 unspecified atom stereocenters. The fraction of sp³-hybridized carbons (Fsp3) is 1.00. The summed E-state index contributed by atoms with van der Waals surface area (Å²) in [6, 6.07) is 0. The standard InChI is InChI=1S/C5H10S/c1-4(6)5-2-3-5/h4-6H,2-3H2,1H3/t4-/m0/s1. The Kier molecular flexibility index (Phi) is 1.09. The van der Waals surface area contributed by atoms with E-state index in [9.17, 15) is 0 Å². The monoisotopic (exact) mass is 102 g/mol. The van der Waals surface area contributed by atoms with Crippen LogP contribution in [0.2, 0.25) is 0 Å². The zero-order valence-corrected chi connectivity index (χ0v) is 4.91. The van der Waals surface area contributed by atoms with Crippen LogP contribution in [0.1, 0.15) is 19.8 Å². The second-order valence-electron chi connectivity index (χ2n) is 2.08. The normalized spacial score (nSPS) is 27.0. The van der Waals surface area contributed by atoms with Gasteiger partial charge in [-0.1, -0.05) is 6.92 Å². The maximum atomic E-state index is 4.26. The van der Waals surface area contributed by atoms with E-state index in [0.717, 1.165) is 5.92 Å². The summed E-state index contributed by atoms with van der Waals surface area (Å²) in [6.07, 6.45) is 2.84. The second-order valence-corrected chi connectivity index (χ2v) is 2.89. The highest BCUT2D eigenvalue weighted by Crippen LogP contribution is 2.34. The molecule has 0 aliphatic heterocycles. The fourth-order valence-electron chi connectivity index (χ4n) is 0.579. The lowest BCUT2D eigenvalue weighted by atomic mass is 10.3. The van der Waals surface area contributed by atoms with Gasteiger partial charge in [-0.3, -0.25) is 0 Å². The Labute approximate surface area is 44.3 Å². The minimum Gasteiger partial charge on any atom is -0.176 e. The van der Waals surface area contributed by atoms with Crippen LogP contribution in [0.25, 0.3) is 0 Å². The van der Waals surface area contributed by atoms with Crippen LogP contribution in [0.5, 0.6) is 0 Å². The van der Waals surface area contributed by atoms with Crippen LogP contribution in [-0.4, -0.2) is 5.25 Å². The molecule has 0 nitrogen and oxygen atoms in total. The van der Waals surface area contributed by atoms with E-state index < -0.39 is 0 Å². The van der Waals surface area contributed by atoms with Crippen LogP contribution in [0, 0.1) is 5.92 Å². The molecule has 0 N–H and O–H groups in total. The number of rotatable bonds is 1. The average molecular weight is 102 g/mol. The molecular formula is C5H10S. The molecule has 0 spiro atoms. The summed E-state index contributed by atoms with van der Waals surface area (Å²) in [6.45, 7) is 2.17. The molecule has 1 rings (SSSR count). The first-order valence-electron chi connectivity index (χ1n) is 2.49. The number of thiol groups is 1. The zero-order valence-electron chi connectivity index (χ0n) is 4.02. The van der Waals surface area contributed by atoms with Gasteiger partial charge in [-0.2, -0.15) is 12.6 Å². The molecule has 1 heteroatoms. The SMILES string of the molecule is C[C@H](S)C1CC1. The quantitative estimate of drug-likeness (QED) is 0.479. The third-order valence-electron chi connectivity index (χ3n) is 1.30. The summed E-state index contributed by atoms with van der Waals surface area (Å²) in [4.78, 5) is 0. The molecule has 6 heavy (non-hydrogen) atoms. The van der Waals surface area contributed by atoms with Crippen molar-refractivity contribution in [1.82, 2.24) is 0 Å². The maximum Gasteiger partial charge on any atom is 0.00167 e. The van der Waals surface area contributed by atoms with E-state index in [1.54, 1.807) is 0 Å². The predicted octanol–water partition coefficient (Wildman–Crippen LogP) is 1.71. The van der Waals surface area contributed by atoms with Gasteiger partial charge in [0, 0.05) is 5.25 Å². The molecule has 0 aromatic heterocycles. The fourth-order valence-corrected chi connectivity index (χ4v) is 0.877. The van der Waals surface area contributed by atoms with Gasteiger partial charge in [0.2, 0.25) is 0 Å². The van der Waals surface area contributed by atoms with Gasteiger partial charge < -0.3 is 0 Å². The van der Waals surface area contributed by atoms with Crippen molar-refractivity contribution in [2.24, 2.45) is 5.92 Å². The van der Waals surface area contributed by atoms with Crippen molar-refractivity contribution < 1.29 is 0 Å². The summed E-state index contributed by atoms with van der Waals surface area (Å²) in [5.41, 5.74) is 0. The molecule has 1 aliphatic carbocycles. The third kappa shape index (κ3) is 0.904. The molecule has 1 aliphatic rings. The van der Waals surface area contributed by atoms with Crippen molar-refractivity contribution >= 4 is 12.6 Å². The van der Waals surface area contributed by atoms with Gasteiger partial charge in [0.1, 0.15) is 0 Å². The van der Waals surface area contributed by atoms with Gasteiger partial charge in [-0.15, -0.1) is 0 Å². The molecule has 0 aromatic rings. The lowest BCUT2D eigenvalue weighted by molar-refractivity contribution is 0.826. The van der Waals surface area contributed by atoms with Crippen molar-refractivity contribution in [2.75, 3.05) is 0 Å². The highest BCUT2D eigenvalue weighted by atomic mass is 32.1. The van der Waals surface area contributed by atoms with Gasteiger partial charge in [-0.05, 0) is 18.8 Å². The van der Waals surface area contributed by atoms with Gasteiger partial charge >= 0.3 is 0 Å². The summed E-state index contributed by atoms with van der Waals surface area (Å²) in [5.74, 6) is 0.966. The largest absolute Gasteiger partial charge is 0.176 e. The Balaban J connectivity index is 2.13. The molecule has 0 aromatic carbocycles. The van der Waals surface area contributed by atoms with Gasteiger partial charge in [0.15, 0.2) is 0 Å². The summed E-state index contributed by atoms with van der Waals surface area (Å²) >= 11 is 4.26. The van der Waals surface area contributed by atoms with Crippen LogP contribution in [0.3, 0.4) is 0 Å². The minimum absolute atomic E-state index is 0.657. The van der Waals surface area contributed by atoms with Crippen molar-refractivity contribution in [3.8, 4) is 0 Å². The Morgan fingerprint density at radius 3 is 2.17 bits per heavy atom. The maximum absolute atomic E-state index is 4.26. The van der Waals surface area contributed by atoms with E-state index in [4.69, 9.17) is 0 Å². The molecule has 1 saturated carbocycles. The van der Waals surface area contributed by atoms with E-state index in [1.165, 1.54) is 12.8 Å². The van der Waals surface area contributed by atoms with Crippen LogP contribution in [-0.2, 0) is 0 Å². The first-order valence-corrected chi connectivity index (χ1v) is 3.00. The van der Waals surface area contributed by atoms with E-state index in [1.807, 2.05) is 0 Å². The Morgan fingerprint density at radius 2 is 2.17 bits per heavy atom. The topological polar surface area (TPSA) is 0 Å². The van der Waals surface area contributed by atoms with Gasteiger partial charge in [-0.25, -0.2) is 0 Å². The summed E-state index contributed by atoms with van der Waals surface area (Å²) in [5, 5.41) is 0.657. The number of hydrogen-bond donors (Lipinski definition) is 1. The van der Waals surface area contributed by atoms with Crippen LogP contribution < -0.4 is 0 Å². The highest BCUT2D eigenvalue weighted by Gasteiger charge is 2.24. The minimum atomic E-state index is 0.657. The Morgan fingerprint density at radius 1 is 1.67 bits per heavy atom. The van der Waals surface area contributed by atoms with Crippen LogP contribution in [0.4, 0.5) is 0 Å². The highest BCUT2D eigenvalue weighted by molar-refractivity contribution is 7.80. The second kappa shape index (κ2) is 1.45. The lowest BCUT2D eigenvalue weighted by Gasteiger charge is -1.93. The van der Waals surface area contributed by atoms with E-state index >= 15 is 0 Å². The molecule has 36 valence electrons. The number of hydrogen-bond acceptors (Lipinski definition) is 1. The van der Waals surface area contributed by atoms with E-state index in [0.29, 0.717) is 5.25 Å². The van der Waals surface area contributed by atoms with Crippen molar-refractivity contribution in [2.45, 2.75) is 25.0 Å². The van der Waals surface area contributed by atoms with Gasteiger partial charge in [0.05, 0.1) is 0 Å². The zero-order chi connectivity index (χ0) is 4.57. The molecule has 0 bridgehead atoms. The van der Waals surface area contributed by atoms with Crippen molar-refractivity contribution in [3.05, 3.63) is 0 Å².